The molecular formula is C28H26F2N4O3S. The predicted octanol–water partition coefficient (Wildman–Crippen LogP) is 4.31. The number of rotatable bonds is 7. The molecule has 1 aromatic heterocycles. The minimum Gasteiger partial charge on any atom is -0.336 e. The van der Waals surface area contributed by atoms with Crippen molar-refractivity contribution in [2.75, 3.05) is 37.4 Å². The number of nitrogens with one attached hydrogen (secondary N) is 1. The highest BCUT2D eigenvalue weighted by molar-refractivity contribution is 7.93. The second kappa shape index (κ2) is 10.8. The molecule has 38 heavy (non-hydrogen) atoms. The lowest BCUT2D eigenvalue weighted by Gasteiger charge is -2.34. The number of hydrogen-bond acceptors (Lipinski definition) is 5. The van der Waals surface area contributed by atoms with Crippen LogP contribution in [0.25, 0.3) is 10.9 Å². The van der Waals surface area contributed by atoms with Crippen molar-refractivity contribution in [3.63, 3.8) is 0 Å². The predicted molar refractivity (Wildman–Crippen MR) is 141 cm³/mol. The number of piperazine rings is 1. The Morgan fingerprint density at radius 3 is 2.24 bits per heavy atom. The van der Waals surface area contributed by atoms with Gasteiger partial charge < -0.3 is 4.90 Å². The molecule has 0 atom stereocenters. The molecule has 7 nitrogen and oxygen atoms in total. The van der Waals surface area contributed by atoms with Crippen LogP contribution in [0.4, 0.5) is 14.5 Å². The largest absolute Gasteiger partial charge is 0.336 e. The molecular weight excluding hydrogens is 510 g/mol. The molecule has 2 heterocycles. The highest BCUT2D eigenvalue weighted by Crippen LogP contribution is 2.24. The van der Waals surface area contributed by atoms with Crippen LogP contribution in [0.3, 0.4) is 0 Å². The maximum atomic E-state index is 13.9. The van der Waals surface area contributed by atoms with Crippen LogP contribution in [-0.4, -0.2) is 61.8 Å². The number of nitrogens with zero attached hydrogens (tertiary/aromatic N) is 3. The van der Waals surface area contributed by atoms with E-state index in [1.807, 2.05) is 0 Å². The van der Waals surface area contributed by atoms with Crippen molar-refractivity contribution in [3.8, 4) is 0 Å². The summed E-state index contributed by atoms with van der Waals surface area (Å²) in [6.45, 7) is 2.67. The Kier molecular flexibility index (Phi) is 7.35. The van der Waals surface area contributed by atoms with E-state index in [0.717, 1.165) is 5.39 Å². The number of amides is 1. The van der Waals surface area contributed by atoms with Crippen LogP contribution in [0.1, 0.15) is 15.9 Å². The molecule has 1 saturated heterocycles. The lowest BCUT2D eigenvalue weighted by atomic mass is 10.1. The van der Waals surface area contributed by atoms with Gasteiger partial charge in [-0.05, 0) is 55.0 Å². The number of anilines is 1. The van der Waals surface area contributed by atoms with Crippen LogP contribution in [-0.2, 0) is 16.4 Å². The Bertz CT molecular complexity index is 1550. The van der Waals surface area contributed by atoms with E-state index in [-0.39, 0.29) is 22.8 Å². The Labute approximate surface area is 219 Å². The van der Waals surface area contributed by atoms with E-state index in [2.05, 4.69) is 14.6 Å². The maximum absolute atomic E-state index is 13.9. The summed E-state index contributed by atoms with van der Waals surface area (Å²) < 4.78 is 56.4. The molecule has 1 aliphatic heterocycles. The first-order valence-corrected chi connectivity index (χ1v) is 13.7. The van der Waals surface area contributed by atoms with E-state index >= 15 is 0 Å². The zero-order valence-corrected chi connectivity index (χ0v) is 21.3. The quantitative estimate of drug-likeness (QED) is 0.381. The number of sulfonamides is 1. The van der Waals surface area contributed by atoms with Crippen LogP contribution in [0, 0.1) is 11.6 Å². The molecule has 0 bridgehead atoms. The molecule has 1 fully saturated rings. The first kappa shape index (κ1) is 25.7. The fourth-order valence-electron chi connectivity index (χ4n) is 4.58. The molecule has 10 heteroatoms. The molecule has 3 aromatic carbocycles. The number of pyridine rings is 1. The number of hydrogen-bond donors (Lipinski definition) is 1. The summed E-state index contributed by atoms with van der Waals surface area (Å²) >= 11 is 0. The Hall–Kier alpha value is -3.89. The molecule has 0 unspecified atom stereocenters. The van der Waals surface area contributed by atoms with Gasteiger partial charge in [-0.15, -0.1) is 0 Å². The van der Waals surface area contributed by atoms with Gasteiger partial charge >= 0.3 is 0 Å². The van der Waals surface area contributed by atoms with E-state index in [4.69, 9.17) is 0 Å². The van der Waals surface area contributed by atoms with Crippen LogP contribution in [0.5, 0.6) is 0 Å². The molecule has 1 aliphatic rings. The number of carbonyl (C=O) groups excluding carboxylic acids is 1. The van der Waals surface area contributed by atoms with Crippen molar-refractivity contribution in [2.45, 2.75) is 11.3 Å². The lowest BCUT2D eigenvalue weighted by molar-refractivity contribution is 0.0638. The molecule has 196 valence electrons. The summed E-state index contributed by atoms with van der Waals surface area (Å²) in [6, 6.07) is 18.7. The second-order valence-corrected chi connectivity index (χ2v) is 10.7. The van der Waals surface area contributed by atoms with Crippen molar-refractivity contribution in [3.05, 3.63) is 102 Å². The van der Waals surface area contributed by atoms with E-state index in [1.165, 1.54) is 24.3 Å². The molecule has 0 radical (unpaired) electrons. The number of benzene rings is 3. The van der Waals surface area contributed by atoms with Crippen LogP contribution in [0.15, 0.2) is 83.9 Å². The normalized spacial score (nSPS) is 14.5. The number of fused-ring (bicyclic) bond motifs is 1. The van der Waals surface area contributed by atoms with Gasteiger partial charge in [-0.2, -0.15) is 0 Å². The highest BCUT2D eigenvalue weighted by Gasteiger charge is 2.23. The molecule has 1 N–H and O–H groups in total. The Balaban J connectivity index is 1.18. The van der Waals surface area contributed by atoms with Gasteiger partial charge in [0.2, 0.25) is 0 Å². The number of carbonyl (C=O) groups is 1. The summed E-state index contributed by atoms with van der Waals surface area (Å²) in [6.07, 6.45) is 1.81. The molecule has 0 aliphatic carbocycles. The average Bonchev–Trinajstić information content (AvgIpc) is 2.92. The van der Waals surface area contributed by atoms with E-state index < -0.39 is 21.7 Å². The lowest BCUT2D eigenvalue weighted by Crippen LogP contribution is -2.49. The smallest absolute Gasteiger partial charge is 0.264 e. The van der Waals surface area contributed by atoms with Gasteiger partial charge in [-0.25, -0.2) is 17.2 Å². The monoisotopic (exact) mass is 536 g/mol. The van der Waals surface area contributed by atoms with Crippen LogP contribution in [0.2, 0.25) is 0 Å². The average molecular weight is 537 g/mol. The van der Waals surface area contributed by atoms with E-state index in [0.29, 0.717) is 49.5 Å². The zero-order valence-electron chi connectivity index (χ0n) is 20.5. The molecule has 0 spiro atoms. The Morgan fingerprint density at radius 2 is 1.53 bits per heavy atom. The van der Waals surface area contributed by atoms with E-state index in [9.17, 15) is 22.0 Å². The first-order valence-electron chi connectivity index (χ1n) is 12.2. The third-order valence-electron chi connectivity index (χ3n) is 6.67. The number of halogens is 2. The SMILES string of the molecule is O=C(c1ccc(NS(=O)(=O)c2cccc3cccnc23)cc1)N1CCN(CCc2c(F)cccc2F)CC1. The zero-order chi connectivity index (χ0) is 26.7. The fourth-order valence-corrected chi connectivity index (χ4v) is 5.82. The van der Waals surface area contributed by atoms with Gasteiger partial charge in [0.25, 0.3) is 15.9 Å². The minimum atomic E-state index is -3.89. The summed E-state index contributed by atoms with van der Waals surface area (Å²) in [5.41, 5.74) is 1.24. The van der Waals surface area contributed by atoms with Gasteiger partial charge in [0, 0.05) is 61.1 Å². The molecule has 1 amide bonds. The molecule has 5 rings (SSSR count). The fraction of sp³-hybridized carbons (Fsp3) is 0.214. The van der Waals surface area contributed by atoms with Crippen molar-refractivity contribution >= 4 is 32.5 Å². The van der Waals surface area contributed by atoms with Crippen molar-refractivity contribution in [1.29, 1.82) is 0 Å². The first-order chi connectivity index (χ1) is 18.3. The van der Waals surface area contributed by atoms with Gasteiger partial charge in [-0.3, -0.25) is 19.4 Å². The summed E-state index contributed by atoms with van der Waals surface area (Å²) in [7, 11) is -3.89. The third-order valence-corrected chi connectivity index (χ3v) is 8.08. The van der Waals surface area contributed by atoms with Crippen LogP contribution >= 0.6 is 0 Å². The number of aromatic nitrogens is 1. The summed E-state index contributed by atoms with van der Waals surface area (Å²) in [5, 5.41) is 0.718. The Morgan fingerprint density at radius 1 is 0.868 bits per heavy atom. The van der Waals surface area contributed by atoms with Gasteiger partial charge in [0.05, 0.1) is 5.52 Å². The van der Waals surface area contributed by atoms with Gasteiger partial charge in [0.1, 0.15) is 16.5 Å². The maximum Gasteiger partial charge on any atom is 0.264 e. The number of para-hydroxylation sites is 1. The van der Waals surface area contributed by atoms with Gasteiger partial charge in [-0.1, -0.05) is 24.3 Å². The highest BCUT2D eigenvalue weighted by atomic mass is 32.2. The molecule has 0 saturated carbocycles. The summed E-state index contributed by atoms with van der Waals surface area (Å²) in [5.74, 6) is -1.24. The van der Waals surface area contributed by atoms with Crippen molar-refractivity contribution in [2.24, 2.45) is 0 Å². The minimum absolute atomic E-state index is 0.0753. The van der Waals surface area contributed by atoms with Crippen LogP contribution < -0.4 is 4.72 Å². The molecule has 4 aromatic rings. The topological polar surface area (TPSA) is 82.6 Å². The van der Waals surface area contributed by atoms with Crippen molar-refractivity contribution in [1.82, 2.24) is 14.8 Å². The van der Waals surface area contributed by atoms with E-state index in [1.54, 1.807) is 59.6 Å². The third kappa shape index (κ3) is 5.51. The van der Waals surface area contributed by atoms with Gasteiger partial charge in [0.15, 0.2) is 0 Å². The summed E-state index contributed by atoms with van der Waals surface area (Å²) in [4.78, 5) is 21.1. The second-order valence-electron chi connectivity index (χ2n) is 9.10. The van der Waals surface area contributed by atoms with Crippen molar-refractivity contribution < 1.29 is 22.0 Å². The standard InChI is InChI=1S/C28H26F2N4O3S/c29-24-6-2-7-25(30)23(24)13-15-33-16-18-34(19-17-33)28(35)21-9-11-22(12-10-21)32-38(36,37)26-8-1-4-20-5-3-14-31-27(20)26/h1-12,14,32H,13,15-19H2.